The van der Waals surface area contributed by atoms with E-state index in [4.69, 9.17) is 5.26 Å². The zero-order chi connectivity index (χ0) is 14.8. The number of carbonyl (C=O) groups is 1. The lowest BCUT2D eigenvalue weighted by Crippen LogP contribution is -2.39. The van der Waals surface area contributed by atoms with Crippen LogP contribution in [0.25, 0.3) is 0 Å². The lowest BCUT2D eigenvalue weighted by molar-refractivity contribution is -0.117. The van der Waals surface area contributed by atoms with Crippen molar-refractivity contribution in [1.82, 2.24) is 0 Å². The average molecular weight is 277 g/mol. The number of fused-ring (bicyclic) bond motifs is 1. The molecular formula is C17H15N3O. The minimum atomic E-state index is 0.0532. The molecule has 0 saturated carbocycles. The highest BCUT2D eigenvalue weighted by molar-refractivity contribution is 6.02. The summed E-state index contributed by atoms with van der Waals surface area (Å²) in [7, 11) is 0. The summed E-state index contributed by atoms with van der Waals surface area (Å²) in [4.78, 5) is 14.0. The topological polar surface area (TPSA) is 56.1 Å². The number of aryl methyl sites for hydroxylation is 1. The van der Waals surface area contributed by atoms with Gasteiger partial charge in [0.05, 0.1) is 36.1 Å². The van der Waals surface area contributed by atoms with Gasteiger partial charge in [0.1, 0.15) is 0 Å². The lowest BCUT2D eigenvalue weighted by Gasteiger charge is -2.30. The van der Waals surface area contributed by atoms with Crippen LogP contribution in [0.4, 0.5) is 11.4 Å². The van der Waals surface area contributed by atoms with Crippen LogP contribution in [-0.4, -0.2) is 12.5 Å². The SMILES string of the molecule is Cc1cc(C#N)ccc1CN1C(=O)CNc2ccccc21. The molecule has 0 spiro atoms. The van der Waals surface area contributed by atoms with Crippen molar-refractivity contribution in [2.45, 2.75) is 13.5 Å². The number of nitrogens with one attached hydrogen (secondary N) is 1. The summed E-state index contributed by atoms with van der Waals surface area (Å²) >= 11 is 0. The number of rotatable bonds is 2. The predicted octanol–water partition coefficient (Wildman–Crippen LogP) is 2.83. The minimum absolute atomic E-state index is 0.0532. The Bertz CT molecular complexity index is 746. The van der Waals surface area contributed by atoms with Gasteiger partial charge in [-0.1, -0.05) is 18.2 Å². The molecule has 0 atom stereocenters. The van der Waals surface area contributed by atoms with Crippen molar-refractivity contribution in [2.24, 2.45) is 0 Å². The third-order valence-corrected chi connectivity index (χ3v) is 3.73. The van der Waals surface area contributed by atoms with Gasteiger partial charge in [0.25, 0.3) is 0 Å². The highest BCUT2D eigenvalue weighted by atomic mass is 16.2. The fraction of sp³-hybridized carbons (Fsp3) is 0.176. The second-order valence-corrected chi connectivity index (χ2v) is 5.10. The Morgan fingerprint density at radius 3 is 2.86 bits per heavy atom. The van der Waals surface area contributed by atoms with Crippen molar-refractivity contribution in [3.8, 4) is 6.07 Å². The molecule has 1 N–H and O–H groups in total. The van der Waals surface area contributed by atoms with Gasteiger partial charge in [-0.25, -0.2) is 0 Å². The molecule has 4 nitrogen and oxygen atoms in total. The molecule has 0 aromatic heterocycles. The molecule has 21 heavy (non-hydrogen) atoms. The maximum absolute atomic E-state index is 12.2. The summed E-state index contributed by atoms with van der Waals surface area (Å²) in [6.07, 6.45) is 0. The van der Waals surface area contributed by atoms with Crippen molar-refractivity contribution in [3.05, 3.63) is 59.2 Å². The lowest BCUT2D eigenvalue weighted by atomic mass is 10.0. The number of hydrogen-bond donors (Lipinski definition) is 1. The van der Waals surface area contributed by atoms with Crippen LogP contribution in [0.15, 0.2) is 42.5 Å². The molecule has 0 bridgehead atoms. The third kappa shape index (κ3) is 2.46. The fourth-order valence-electron chi connectivity index (χ4n) is 2.55. The molecule has 1 aliphatic rings. The molecule has 4 heteroatoms. The Hall–Kier alpha value is -2.80. The van der Waals surface area contributed by atoms with Crippen LogP contribution in [-0.2, 0) is 11.3 Å². The highest BCUT2D eigenvalue weighted by Crippen LogP contribution is 2.30. The maximum Gasteiger partial charge on any atom is 0.246 e. The Morgan fingerprint density at radius 2 is 2.10 bits per heavy atom. The van der Waals surface area contributed by atoms with E-state index in [1.165, 1.54) is 0 Å². The summed E-state index contributed by atoms with van der Waals surface area (Å²) in [5.74, 6) is 0.0532. The molecule has 0 unspecified atom stereocenters. The van der Waals surface area contributed by atoms with Gasteiger partial charge in [0.2, 0.25) is 5.91 Å². The Balaban J connectivity index is 1.95. The first kappa shape index (κ1) is 13.2. The smallest absolute Gasteiger partial charge is 0.246 e. The molecule has 0 radical (unpaired) electrons. The molecule has 104 valence electrons. The molecule has 2 aromatic rings. The Morgan fingerprint density at radius 1 is 1.29 bits per heavy atom. The average Bonchev–Trinajstić information content (AvgIpc) is 2.51. The zero-order valence-corrected chi connectivity index (χ0v) is 11.8. The third-order valence-electron chi connectivity index (χ3n) is 3.73. The number of para-hydroxylation sites is 2. The first-order valence-corrected chi connectivity index (χ1v) is 6.82. The first-order chi connectivity index (χ1) is 10.2. The minimum Gasteiger partial charge on any atom is -0.374 e. The molecule has 1 heterocycles. The molecule has 0 saturated heterocycles. The van der Waals surface area contributed by atoms with Gasteiger partial charge >= 0.3 is 0 Å². The second kappa shape index (κ2) is 5.29. The molecule has 1 aliphatic heterocycles. The number of amides is 1. The summed E-state index contributed by atoms with van der Waals surface area (Å²) in [5, 5.41) is 12.1. The Kier molecular flexibility index (Phi) is 3.33. The van der Waals surface area contributed by atoms with Crippen molar-refractivity contribution in [2.75, 3.05) is 16.8 Å². The standard InChI is InChI=1S/C17H15N3O/c1-12-8-13(9-18)6-7-14(12)11-20-16-5-3-2-4-15(16)19-10-17(20)21/h2-8,19H,10-11H2,1H3. The van der Waals surface area contributed by atoms with E-state index in [0.717, 1.165) is 22.5 Å². The first-order valence-electron chi connectivity index (χ1n) is 6.82. The Labute approximate surface area is 123 Å². The van der Waals surface area contributed by atoms with Gasteiger partial charge in [0.15, 0.2) is 0 Å². The molecular weight excluding hydrogens is 262 g/mol. The fourth-order valence-corrected chi connectivity index (χ4v) is 2.55. The van der Waals surface area contributed by atoms with Crippen LogP contribution >= 0.6 is 0 Å². The van der Waals surface area contributed by atoms with Crippen molar-refractivity contribution < 1.29 is 4.79 Å². The van der Waals surface area contributed by atoms with Gasteiger partial charge < -0.3 is 10.2 Å². The molecule has 2 aromatic carbocycles. The summed E-state index contributed by atoms with van der Waals surface area (Å²) in [5.41, 5.74) is 4.60. The number of anilines is 2. The van der Waals surface area contributed by atoms with Crippen molar-refractivity contribution in [1.29, 1.82) is 5.26 Å². The van der Waals surface area contributed by atoms with Gasteiger partial charge in [0, 0.05) is 0 Å². The molecule has 1 amide bonds. The molecule has 0 fully saturated rings. The van der Waals surface area contributed by atoms with Crippen molar-refractivity contribution >= 4 is 17.3 Å². The van der Waals surface area contributed by atoms with E-state index in [2.05, 4.69) is 11.4 Å². The normalized spacial score (nSPS) is 13.3. The van der Waals surface area contributed by atoms with E-state index in [1.807, 2.05) is 43.3 Å². The molecule has 3 rings (SSSR count). The summed E-state index contributed by atoms with van der Waals surface area (Å²) < 4.78 is 0. The highest BCUT2D eigenvalue weighted by Gasteiger charge is 2.23. The quantitative estimate of drug-likeness (QED) is 0.918. The number of carbonyl (C=O) groups excluding carboxylic acids is 1. The van der Waals surface area contributed by atoms with Crippen LogP contribution in [0.5, 0.6) is 0 Å². The van der Waals surface area contributed by atoms with Gasteiger partial charge in [-0.15, -0.1) is 0 Å². The van der Waals surface area contributed by atoms with E-state index < -0.39 is 0 Å². The summed E-state index contributed by atoms with van der Waals surface area (Å²) in [6, 6.07) is 15.5. The van der Waals surface area contributed by atoms with Crippen LogP contribution < -0.4 is 10.2 Å². The number of benzene rings is 2. The number of nitriles is 1. The largest absolute Gasteiger partial charge is 0.374 e. The van der Waals surface area contributed by atoms with Crippen LogP contribution in [0.2, 0.25) is 0 Å². The number of nitrogens with zero attached hydrogens (tertiary/aromatic N) is 2. The number of hydrogen-bond acceptors (Lipinski definition) is 3. The monoisotopic (exact) mass is 277 g/mol. The van der Waals surface area contributed by atoms with Gasteiger partial charge in [-0.05, 0) is 42.3 Å². The van der Waals surface area contributed by atoms with Crippen LogP contribution in [0.3, 0.4) is 0 Å². The van der Waals surface area contributed by atoms with E-state index in [-0.39, 0.29) is 5.91 Å². The van der Waals surface area contributed by atoms with Gasteiger partial charge in [-0.3, -0.25) is 4.79 Å². The summed E-state index contributed by atoms with van der Waals surface area (Å²) in [6.45, 7) is 2.80. The van der Waals surface area contributed by atoms with E-state index in [0.29, 0.717) is 18.7 Å². The van der Waals surface area contributed by atoms with Crippen LogP contribution in [0, 0.1) is 18.3 Å². The zero-order valence-electron chi connectivity index (χ0n) is 11.8. The predicted molar refractivity (Wildman–Crippen MR) is 82.0 cm³/mol. The van der Waals surface area contributed by atoms with Crippen LogP contribution in [0.1, 0.15) is 16.7 Å². The van der Waals surface area contributed by atoms with E-state index >= 15 is 0 Å². The van der Waals surface area contributed by atoms with Crippen molar-refractivity contribution in [3.63, 3.8) is 0 Å². The maximum atomic E-state index is 12.2. The van der Waals surface area contributed by atoms with E-state index in [1.54, 1.807) is 11.0 Å². The second-order valence-electron chi connectivity index (χ2n) is 5.10. The molecule has 0 aliphatic carbocycles. The van der Waals surface area contributed by atoms with Gasteiger partial charge in [-0.2, -0.15) is 5.26 Å². The van der Waals surface area contributed by atoms with E-state index in [9.17, 15) is 4.79 Å².